The second kappa shape index (κ2) is 7.25. The molecule has 2 aromatic rings. The zero-order valence-electron chi connectivity index (χ0n) is 13.7. The number of likely N-dealkylation sites (tertiary alicyclic amines) is 1. The van der Waals surface area contributed by atoms with Crippen LogP contribution in [0.15, 0.2) is 48.8 Å². The zero-order chi connectivity index (χ0) is 16.9. The first-order chi connectivity index (χ1) is 11.6. The van der Waals surface area contributed by atoms with Crippen molar-refractivity contribution in [3.8, 4) is 0 Å². The van der Waals surface area contributed by atoms with Crippen LogP contribution in [0.1, 0.15) is 40.4 Å². The SMILES string of the molecule is Cc1ccc(C(=O)NCC(=O)N2CCC[C@H]2c2ccncc2)cc1. The molecule has 0 aliphatic carbocycles. The van der Waals surface area contributed by atoms with Crippen molar-refractivity contribution in [1.82, 2.24) is 15.2 Å². The van der Waals surface area contributed by atoms with E-state index < -0.39 is 0 Å². The number of hydrogen-bond acceptors (Lipinski definition) is 3. The molecule has 0 saturated carbocycles. The minimum absolute atomic E-state index is 0.0221. The van der Waals surface area contributed by atoms with Gasteiger partial charge in [-0.1, -0.05) is 17.7 Å². The quantitative estimate of drug-likeness (QED) is 0.940. The minimum Gasteiger partial charge on any atom is -0.343 e. The summed E-state index contributed by atoms with van der Waals surface area (Å²) in [4.78, 5) is 30.5. The number of benzene rings is 1. The summed E-state index contributed by atoms with van der Waals surface area (Å²) >= 11 is 0. The van der Waals surface area contributed by atoms with Gasteiger partial charge in [0.1, 0.15) is 0 Å². The summed E-state index contributed by atoms with van der Waals surface area (Å²) in [5.41, 5.74) is 2.76. The van der Waals surface area contributed by atoms with Crippen molar-refractivity contribution in [2.45, 2.75) is 25.8 Å². The Kier molecular flexibility index (Phi) is 4.89. The van der Waals surface area contributed by atoms with E-state index in [1.54, 1.807) is 24.5 Å². The maximum atomic E-state index is 12.5. The van der Waals surface area contributed by atoms with Crippen molar-refractivity contribution in [1.29, 1.82) is 0 Å². The van der Waals surface area contributed by atoms with Crippen LogP contribution in [-0.4, -0.2) is 34.8 Å². The number of aryl methyl sites for hydroxylation is 1. The highest BCUT2D eigenvalue weighted by molar-refractivity contribution is 5.96. The van der Waals surface area contributed by atoms with Crippen LogP contribution >= 0.6 is 0 Å². The number of amides is 2. The van der Waals surface area contributed by atoms with Gasteiger partial charge in [0.25, 0.3) is 5.91 Å². The fraction of sp³-hybridized carbons (Fsp3) is 0.316. The van der Waals surface area contributed by atoms with Gasteiger partial charge < -0.3 is 10.2 Å². The van der Waals surface area contributed by atoms with Gasteiger partial charge in [0.2, 0.25) is 5.91 Å². The van der Waals surface area contributed by atoms with Crippen molar-refractivity contribution in [3.63, 3.8) is 0 Å². The van der Waals surface area contributed by atoms with Gasteiger partial charge >= 0.3 is 0 Å². The minimum atomic E-state index is -0.219. The number of pyridine rings is 1. The molecule has 2 amide bonds. The lowest BCUT2D eigenvalue weighted by atomic mass is 10.1. The second-order valence-electron chi connectivity index (χ2n) is 6.07. The molecule has 5 heteroatoms. The van der Waals surface area contributed by atoms with Crippen LogP contribution in [0.2, 0.25) is 0 Å². The summed E-state index contributed by atoms with van der Waals surface area (Å²) < 4.78 is 0. The van der Waals surface area contributed by atoms with Crippen molar-refractivity contribution >= 4 is 11.8 Å². The number of carbonyl (C=O) groups is 2. The highest BCUT2D eigenvalue weighted by Crippen LogP contribution is 2.31. The molecule has 1 saturated heterocycles. The molecule has 1 aromatic carbocycles. The highest BCUT2D eigenvalue weighted by Gasteiger charge is 2.29. The van der Waals surface area contributed by atoms with E-state index in [0.717, 1.165) is 30.5 Å². The van der Waals surface area contributed by atoms with E-state index in [2.05, 4.69) is 10.3 Å². The molecule has 3 rings (SSSR count). The summed E-state index contributed by atoms with van der Waals surface area (Å²) in [6, 6.07) is 11.3. The number of nitrogens with one attached hydrogen (secondary N) is 1. The molecule has 0 bridgehead atoms. The third-order valence-corrected chi connectivity index (χ3v) is 4.38. The van der Waals surface area contributed by atoms with Crippen LogP contribution in [-0.2, 0) is 4.79 Å². The molecule has 24 heavy (non-hydrogen) atoms. The van der Waals surface area contributed by atoms with Gasteiger partial charge in [0, 0.05) is 24.5 Å². The molecule has 1 fully saturated rings. The van der Waals surface area contributed by atoms with Crippen LogP contribution in [0.4, 0.5) is 0 Å². The second-order valence-corrected chi connectivity index (χ2v) is 6.07. The van der Waals surface area contributed by atoms with Crippen molar-refractivity contribution in [2.24, 2.45) is 0 Å². The Morgan fingerprint density at radius 1 is 1.17 bits per heavy atom. The monoisotopic (exact) mass is 323 g/mol. The van der Waals surface area contributed by atoms with E-state index in [4.69, 9.17) is 0 Å². The van der Waals surface area contributed by atoms with Gasteiger partial charge in [-0.3, -0.25) is 14.6 Å². The smallest absolute Gasteiger partial charge is 0.251 e. The standard InChI is InChI=1S/C19H21N3O2/c1-14-4-6-16(7-5-14)19(24)21-13-18(23)22-12-2-3-17(22)15-8-10-20-11-9-15/h4-11,17H,2-3,12-13H2,1H3,(H,21,24)/t17-/m0/s1. The van der Waals surface area contributed by atoms with Gasteiger partial charge in [-0.2, -0.15) is 0 Å². The number of rotatable bonds is 4. The molecule has 1 aliphatic heterocycles. The molecular formula is C19H21N3O2. The topological polar surface area (TPSA) is 62.3 Å². The molecule has 1 aromatic heterocycles. The fourth-order valence-electron chi connectivity index (χ4n) is 3.06. The number of carbonyl (C=O) groups excluding carboxylic acids is 2. The average Bonchev–Trinajstić information content (AvgIpc) is 3.10. The van der Waals surface area contributed by atoms with Gasteiger partial charge in [0.15, 0.2) is 0 Å². The predicted octanol–water partition coefficient (Wildman–Crippen LogP) is 2.48. The Bertz CT molecular complexity index is 713. The van der Waals surface area contributed by atoms with Gasteiger partial charge in [-0.25, -0.2) is 0 Å². The lowest BCUT2D eigenvalue weighted by Gasteiger charge is -2.25. The first kappa shape index (κ1) is 16.2. The molecule has 1 N–H and O–H groups in total. The van der Waals surface area contributed by atoms with Crippen LogP contribution < -0.4 is 5.32 Å². The number of hydrogen-bond donors (Lipinski definition) is 1. The first-order valence-corrected chi connectivity index (χ1v) is 8.19. The first-order valence-electron chi connectivity index (χ1n) is 8.19. The Balaban J connectivity index is 1.60. The Morgan fingerprint density at radius 3 is 2.58 bits per heavy atom. The third-order valence-electron chi connectivity index (χ3n) is 4.38. The summed E-state index contributed by atoms with van der Waals surface area (Å²) in [5.74, 6) is -0.266. The molecule has 124 valence electrons. The zero-order valence-corrected chi connectivity index (χ0v) is 13.7. The molecule has 1 atom stereocenters. The van der Waals surface area contributed by atoms with E-state index in [1.165, 1.54) is 0 Å². The van der Waals surface area contributed by atoms with Crippen molar-refractivity contribution < 1.29 is 9.59 Å². The summed E-state index contributed by atoms with van der Waals surface area (Å²) in [6.45, 7) is 2.72. The maximum Gasteiger partial charge on any atom is 0.251 e. The van der Waals surface area contributed by atoms with Crippen LogP contribution in [0, 0.1) is 6.92 Å². The molecule has 0 unspecified atom stereocenters. The molecule has 0 spiro atoms. The van der Waals surface area contributed by atoms with E-state index in [9.17, 15) is 9.59 Å². The van der Waals surface area contributed by atoms with Crippen LogP contribution in [0.25, 0.3) is 0 Å². The van der Waals surface area contributed by atoms with E-state index in [-0.39, 0.29) is 24.4 Å². The van der Waals surface area contributed by atoms with Gasteiger partial charge in [0.05, 0.1) is 12.6 Å². The number of nitrogens with zero attached hydrogens (tertiary/aromatic N) is 2. The summed E-state index contributed by atoms with van der Waals surface area (Å²) in [6.07, 6.45) is 5.41. The van der Waals surface area contributed by atoms with Gasteiger partial charge in [-0.05, 0) is 49.6 Å². The van der Waals surface area contributed by atoms with Crippen molar-refractivity contribution in [3.05, 3.63) is 65.5 Å². The molecule has 0 radical (unpaired) electrons. The Morgan fingerprint density at radius 2 is 1.88 bits per heavy atom. The van der Waals surface area contributed by atoms with E-state index in [1.807, 2.05) is 36.1 Å². The summed E-state index contributed by atoms with van der Waals surface area (Å²) in [5, 5.41) is 2.72. The molecule has 5 nitrogen and oxygen atoms in total. The lowest BCUT2D eigenvalue weighted by Crippen LogP contribution is -2.39. The normalized spacial score (nSPS) is 16.9. The largest absolute Gasteiger partial charge is 0.343 e. The number of aromatic nitrogens is 1. The van der Waals surface area contributed by atoms with E-state index >= 15 is 0 Å². The summed E-state index contributed by atoms with van der Waals surface area (Å²) in [7, 11) is 0. The fourth-order valence-corrected chi connectivity index (χ4v) is 3.06. The maximum absolute atomic E-state index is 12.5. The molecular weight excluding hydrogens is 302 g/mol. The Labute approximate surface area is 141 Å². The highest BCUT2D eigenvalue weighted by atomic mass is 16.2. The third kappa shape index (κ3) is 3.62. The van der Waals surface area contributed by atoms with Crippen LogP contribution in [0.5, 0.6) is 0 Å². The average molecular weight is 323 g/mol. The van der Waals surface area contributed by atoms with Gasteiger partial charge in [-0.15, -0.1) is 0 Å². The van der Waals surface area contributed by atoms with Crippen LogP contribution in [0.3, 0.4) is 0 Å². The molecule has 2 heterocycles. The van der Waals surface area contributed by atoms with Crippen molar-refractivity contribution in [2.75, 3.05) is 13.1 Å². The molecule has 1 aliphatic rings. The lowest BCUT2D eigenvalue weighted by molar-refractivity contribution is -0.131. The Hall–Kier alpha value is -2.69. The van der Waals surface area contributed by atoms with E-state index in [0.29, 0.717) is 5.56 Å². The predicted molar refractivity (Wildman–Crippen MR) is 91.4 cm³/mol.